The minimum atomic E-state index is -0.229. The number of hydrogen-bond acceptors (Lipinski definition) is 4. The van der Waals surface area contributed by atoms with E-state index in [2.05, 4.69) is 10.3 Å². The number of benzene rings is 1. The Morgan fingerprint density at radius 2 is 1.85 bits per heavy atom. The number of aromatic nitrogens is 1. The zero-order valence-electron chi connectivity index (χ0n) is 15.1. The van der Waals surface area contributed by atoms with Crippen LogP contribution in [0, 0.1) is 5.92 Å². The number of fused-ring (bicyclic) bond motifs is 1. The molecular weight excluding hydrogens is 352 g/mol. The van der Waals surface area contributed by atoms with Gasteiger partial charge >= 0.3 is 5.97 Å². The molecule has 2 aromatic rings. The molecule has 1 saturated carbocycles. The smallest absolute Gasteiger partial charge is 0.302 e. The number of carbonyl (C=O) groups excluding carboxylic acids is 2. The molecule has 140 valence electrons. The van der Waals surface area contributed by atoms with Crippen LogP contribution in [0.5, 0.6) is 0 Å². The Labute approximate surface area is 159 Å². The maximum absolute atomic E-state index is 12.7. The molecule has 1 fully saturated rings. The molecule has 26 heavy (non-hydrogen) atoms. The molecule has 0 radical (unpaired) electrons. The molecule has 1 aromatic heterocycles. The minimum Gasteiger partial charge on any atom is -0.463 e. The van der Waals surface area contributed by atoms with Crippen LogP contribution in [0.2, 0.25) is 0 Å². The highest BCUT2D eigenvalue weighted by Crippen LogP contribution is 2.29. The van der Waals surface area contributed by atoms with Gasteiger partial charge in [0.05, 0.1) is 11.1 Å². The second kappa shape index (κ2) is 8.99. The first-order valence-electron chi connectivity index (χ1n) is 8.86. The first-order chi connectivity index (χ1) is 12.0. The molecular formula is C20H25ClN2O3. The van der Waals surface area contributed by atoms with E-state index in [1.807, 2.05) is 31.2 Å². The number of rotatable bonds is 4. The van der Waals surface area contributed by atoms with E-state index in [1.165, 1.54) is 6.92 Å². The van der Waals surface area contributed by atoms with Crippen LogP contribution in [0.4, 0.5) is 0 Å². The van der Waals surface area contributed by atoms with Crippen molar-refractivity contribution in [2.45, 2.75) is 51.7 Å². The number of pyridine rings is 1. The number of carbonyl (C=O) groups is 2. The molecule has 1 amide bonds. The molecule has 3 rings (SSSR count). The number of nitrogens with zero attached hydrogens (tertiary/aromatic N) is 1. The van der Waals surface area contributed by atoms with Gasteiger partial charge in [0.25, 0.3) is 5.91 Å². The second-order valence-electron chi connectivity index (χ2n) is 6.78. The van der Waals surface area contributed by atoms with Gasteiger partial charge in [0.1, 0.15) is 6.10 Å². The van der Waals surface area contributed by atoms with Crippen molar-refractivity contribution in [2.24, 2.45) is 5.92 Å². The van der Waals surface area contributed by atoms with Crippen LogP contribution in [0.15, 0.2) is 36.5 Å². The highest BCUT2D eigenvalue weighted by molar-refractivity contribution is 6.06. The van der Waals surface area contributed by atoms with Crippen molar-refractivity contribution in [3.8, 4) is 0 Å². The third kappa shape index (κ3) is 4.73. The third-order valence-corrected chi connectivity index (χ3v) is 5.02. The van der Waals surface area contributed by atoms with Crippen LogP contribution in [0.3, 0.4) is 0 Å². The van der Waals surface area contributed by atoms with Gasteiger partial charge in [-0.25, -0.2) is 0 Å². The van der Waals surface area contributed by atoms with Gasteiger partial charge in [0.2, 0.25) is 0 Å². The second-order valence-corrected chi connectivity index (χ2v) is 6.78. The average Bonchev–Trinajstić information content (AvgIpc) is 2.61. The lowest BCUT2D eigenvalue weighted by Gasteiger charge is -2.32. The van der Waals surface area contributed by atoms with Crippen LogP contribution in [-0.2, 0) is 9.53 Å². The molecule has 0 saturated heterocycles. The van der Waals surface area contributed by atoms with Crippen molar-refractivity contribution in [2.75, 3.05) is 0 Å². The fourth-order valence-electron chi connectivity index (χ4n) is 3.65. The van der Waals surface area contributed by atoms with E-state index in [0.717, 1.165) is 36.6 Å². The molecule has 1 aliphatic rings. The van der Waals surface area contributed by atoms with Crippen LogP contribution in [-0.4, -0.2) is 29.0 Å². The molecule has 5 nitrogen and oxygen atoms in total. The van der Waals surface area contributed by atoms with E-state index >= 15 is 0 Å². The summed E-state index contributed by atoms with van der Waals surface area (Å²) in [6.45, 7) is 3.40. The highest BCUT2D eigenvalue weighted by atomic mass is 35.5. The van der Waals surface area contributed by atoms with E-state index in [0.29, 0.717) is 11.5 Å². The zero-order valence-corrected chi connectivity index (χ0v) is 15.9. The van der Waals surface area contributed by atoms with Gasteiger partial charge in [-0.3, -0.25) is 14.6 Å². The summed E-state index contributed by atoms with van der Waals surface area (Å²) < 4.78 is 5.29. The lowest BCUT2D eigenvalue weighted by Crippen LogP contribution is -2.39. The summed E-state index contributed by atoms with van der Waals surface area (Å²) in [5.74, 6) is 0.0985. The Kier molecular flexibility index (Phi) is 6.98. The van der Waals surface area contributed by atoms with Gasteiger partial charge in [0.15, 0.2) is 0 Å². The standard InChI is InChI=1S/C20H24N2O3.ClH/c1-13(25-14(2)23)15-7-9-16(10-8-15)22-20(24)18-11-12-21-19-6-4-3-5-17(18)19;/h3-6,11-13,15-16H,7-10H2,1-2H3,(H,22,24);1H. The predicted octanol–water partition coefficient (Wildman–Crippen LogP) is 3.90. The van der Waals surface area contributed by atoms with E-state index in [-0.39, 0.29) is 36.4 Å². The maximum atomic E-state index is 12.7. The molecule has 0 spiro atoms. The van der Waals surface area contributed by atoms with Gasteiger partial charge in [-0.05, 0) is 50.7 Å². The Balaban J connectivity index is 0.00000243. The summed E-state index contributed by atoms with van der Waals surface area (Å²) in [7, 11) is 0. The van der Waals surface area contributed by atoms with E-state index < -0.39 is 0 Å². The number of para-hydroxylation sites is 1. The maximum Gasteiger partial charge on any atom is 0.302 e. The molecule has 6 heteroatoms. The van der Waals surface area contributed by atoms with E-state index in [4.69, 9.17) is 4.74 Å². The summed E-state index contributed by atoms with van der Waals surface area (Å²) in [6.07, 6.45) is 5.34. The Hall–Kier alpha value is -2.14. The first kappa shape index (κ1) is 20.2. The number of amides is 1. The Bertz CT molecular complexity index is 767. The molecule has 1 atom stereocenters. The largest absolute Gasteiger partial charge is 0.463 e. The topological polar surface area (TPSA) is 68.3 Å². The first-order valence-corrected chi connectivity index (χ1v) is 8.86. The van der Waals surface area contributed by atoms with Crippen molar-refractivity contribution in [3.63, 3.8) is 0 Å². The highest BCUT2D eigenvalue weighted by Gasteiger charge is 2.28. The van der Waals surface area contributed by atoms with Crippen LogP contribution >= 0.6 is 12.4 Å². The lowest BCUT2D eigenvalue weighted by molar-refractivity contribution is -0.148. The summed E-state index contributed by atoms with van der Waals surface area (Å²) in [5, 5.41) is 4.03. The van der Waals surface area contributed by atoms with Crippen LogP contribution < -0.4 is 5.32 Å². The Morgan fingerprint density at radius 3 is 2.54 bits per heavy atom. The normalized spacial score (nSPS) is 20.7. The van der Waals surface area contributed by atoms with Gasteiger partial charge in [0, 0.05) is 24.5 Å². The molecule has 1 N–H and O–H groups in total. The molecule has 0 bridgehead atoms. The van der Waals surface area contributed by atoms with E-state index in [1.54, 1.807) is 12.3 Å². The number of hydrogen-bond donors (Lipinski definition) is 1. The third-order valence-electron chi connectivity index (χ3n) is 5.02. The lowest BCUT2D eigenvalue weighted by atomic mass is 9.83. The van der Waals surface area contributed by atoms with E-state index in [9.17, 15) is 9.59 Å². The van der Waals surface area contributed by atoms with Gasteiger partial charge in [-0.1, -0.05) is 18.2 Å². The molecule has 1 heterocycles. The average molecular weight is 377 g/mol. The Morgan fingerprint density at radius 1 is 1.15 bits per heavy atom. The number of nitrogens with one attached hydrogen (secondary N) is 1. The summed E-state index contributed by atoms with van der Waals surface area (Å²) >= 11 is 0. The van der Waals surface area contributed by atoms with Gasteiger partial charge < -0.3 is 10.1 Å². The minimum absolute atomic E-state index is 0. The van der Waals surface area contributed by atoms with Gasteiger partial charge in [-0.2, -0.15) is 0 Å². The van der Waals surface area contributed by atoms with Crippen molar-refractivity contribution in [1.82, 2.24) is 10.3 Å². The molecule has 1 unspecified atom stereocenters. The van der Waals surface area contributed by atoms with Gasteiger partial charge in [-0.15, -0.1) is 12.4 Å². The van der Waals surface area contributed by atoms with Crippen LogP contribution in [0.25, 0.3) is 10.9 Å². The number of halogens is 1. The molecule has 1 aromatic carbocycles. The number of ether oxygens (including phenoxy) is 1. The van der Waals surface area contributed by atoms with Crippen molar-refractivity contribution >= 4 is 35.2 Å². The quantitative estimate of drug-likeness (QED) is 0.822. The van der Waals surface area contributed by atoms with Crippen molar-refractivity contribution in [3.05, 3.63) is 42.1 Å². The van der Waals surface area contributed by atoms with Crippen LogP contribution in [0.1, 0.15) is 49.9 Å². The summed E-state index contributed by atoms with van der Waals surface area (Å²) in [4.78, 5) is 28.1. The molecule has 0 aliphatic heterocycles. The van der Waals surface area contributed by atoms with Crippen molar-refractivity contribution < 1.29 is 14.3 Å². The molecule has 1 aliphatic carbocycles. The zero-order chi connectivity index (χ0) is 17.8. The fraction of sp³-hybridized carbons (Fsp3) is 0.450. The fourth-order valence-corrected chi connectivity index (χ4v) is 3.65. The number of esters is 1. The summed E-state index contributed by atoms with van der Waals surface area (Å²) in [5.41, 5.74) is 1.50. The summed E-state index contributed by atoms with van der Waals surface area (Å²) in [6, 6.07) is 9.61. The van der Waals surface area contributed by atoms with Crippen molar-refractivity contribution in [1.29, 1.82) is 0 Å². The monoisotopic (exact) mass is 376 g/mol. The predicted molar refractivity (Wildman–Crippen MR) is 103 cm³/mol. The SMILES string of the molecule is CC(=O)OC(C)C1CCC(NC(=O)c2ccnc3ccccc23)CC1.Cl.